The summed E-state index contributed by atoms with van der Waals surface area (Å²) in [6, 6.07) is 5.80. The number of hydrogen-bond acceptors (Lipinski definition) is 4. The molecule has 0 fully saturated rings. The number of nitrogens with one attached hydrogen (secondary N) is 1. The van der Waals surface area contributed by atoms with Crippen LogP contribution < -0.4 is 15.2 Å². The van der Waals surface area contributed by atoms with Crippen LogP contribution >= 0.6 is 0 Å². The van der Waals surface area contributed by atoms with Crippen LogP contribution in [0.2, 0.25) is 0 Å². The van der Waals surface area contributed by atoms with Crippen LogP contribution in [-0.4, -0.2) is 22.7 Å². The molecule has 1 aromatic heterocycles. The van der Waals surface area contributed by atoms with Gasteiger partial charge in [-0.1, -0.05) is 0 Å². The average molecular weight is 287 g/mol. The first-order valence-corrected chi connectivity index (χ1v) is 6.94. The monoisotopic (exact) mass is 287 g/mol. The molecule has 1 aromatic carbocycles. The molecule has 2 heterocycles. The van der Waals surface area contributed by atoms with Gasteiger partial charge in [0.25, 0.3) is 0 Å². The summed E-state index contributed by atoms with van der Waals surface area (Å²) in [7, 11) is 0. The fourth-order valence-corrected chi connectivity index (χ4v) is 2.29. The smallest absolute Gasteiger partial charge is 0.231 e. The summed E-state index contributed by atoms with van der Waals surface area (Å²) in [5.41, 5.74) is 7.06. The first-order chi connectivity index (χ1) is 10.2. The number of amides is 1. The van der Waals surface area contributed by atoms with E-state index in [9.17, 15) is 4.79 Å². The van der Waals surface area contributed by atoms with Gasteiger partial charge >= 0.3 is 0 Å². The molecule has 0 saturated heterocycles. The van der Waals surface area contributed by atoms with E-state index >= 15 is 0 Å². The van der Waals surface area contributed by atoms with Gasteiger partial charge in [0.1, 0.15) is 5.82 Å². The Bertz CT molecular complexity index is 651. The van der Waals surface area contributed by atoms with Gasteiger partial charge in [0.15, 0.2) is 11.5 Å². The van der Waals surface area contributed by atoms with Gasteiger partial charge in [0.05, 0.1) is 11.9 Å². The number of carbonyl (C=O) groups excluding carboxylic acids is 1. The number of nitrogens with zero attached hydrogens (tertiary/aromatic N) is 1. The Kier molecular flexibility index (Phi) is 3.77. The molecule has 1 amide bonds. The number of ether oxygens (including phenoxy) is 2. The lowest BCUT2D eigenvalue weighted by Gasteiger charge is -2.00. The number of primary amides is 1. The molecule has 6 heteroatoms. The number of benzene rings is 1. The van der Waals surface area contributed by atoms with Crippen molar-refractivity contribution in [1.29, 1.82) is 0 Å². The highest BCUT2D eigenvalue weighted by atomic mass is 16.7. The minimum atomic E-state index is -0.254. The second-order valence-corrected chi connectivity index (χ2v) is 4.99. The lowest BCUT2D eigenvalue weighted by Crippen LogP contribution is -2.09. The number of aromatic nitrogens is 2. The predicted molar refractivity (Wildman–Crippen MR) is 76.9 cm³/mol. The predicted octanol–water partition coefficient (Wildman–Crippen LogP) is 2.00. The zero-order valence-electron chi connectivity index (χ0n) is 11.6. The quantitative estimate of drug-likeness (QED) is 0.795. The maximum Gasteiger partial charge on any atom is 0.231 e. The van der Waals surface area contributed by atoms with Gasteiger partial charge in [-0.25, -0.2) is 4.98 Å². The number of imidazole rings is 1. The lowest BCUT2D eigenvalue weighted by molar-refractivity contribution is -0.118. The van der Waals surface area contributed by atoms with Crippen LogP contribution in [0.4, 0.5) is 0 Å². The number of aryl methyl sites for hydroxylation is 1. The summed E-state index contributed by atoms with van der Waals surface area (Å²) in [4.78, 5) is 18.3. The van der Waals surface area contributed by atoms with Gasteiger partial charge < -0.3 is 20.2 Å². The van der Waals surface area contributed by atoms with Crippen molar-refractivity contribution in [3.63, 3.8) is 0 Å². The molecule has 0 unspecified atom stereocenters. The standard InChI is InChI=1S/C15H17N3O3/c16-14(19)3-1-2-4-15-17-8-11(18-15)10-5-6-12-13(7-10)21-9-20-12/h5-8H,1-4,9H2,(H2,16,19)(H,17,18). The second kappa shape index (κ2) is 5.87. The molecular weight excluding hydrogens is 270 g/mol. The van der Waals surface area contributed by atoms with Crippen molar-refractivity contribution in [2.24, 2.45) is 5.73 Å². The number of fused-ring (bicyclic) bond motifs is 1. The molecule has 110 valence electrons. The van der Waals surface area contributed by atoms with Crippen molar-refractivity contribution in [1.82, 2.24) is 9.97 Å². The van der Waals surface area contributed by atoms with Crippen molar-refractivity contribution in [3.8, 4) is 22.8 Å². The topological polar surface area (TPSA) is 90.2 Å². The first kappa shape index (κ1) is 13.5. The zero-order chi connectivity index (χ0) is 14.7. The number of carbonyl (C=O) groups is 1. The van der Waals surface area contributed by atoms with Crippen LogP contribution in [0.15, 0.2) is 24.4 Å². The summed E-state index contributed by atoms with van der Waals surface area (Å²) in [6.07, 6.45) is 4.71. The van der Waals surface area contributed by atoms with Crippen LogP contribution in [0.3, 0.4) is 0 Å². The molecule has 2 aromatic rings. The van der Waals surface area contributed by atoms with E-state index in [1.165, 1.54) is 0 Å². The van der Waals surface area contributed by atoms with E-state index in [1.807, 2.05) is 18.2 Å². The molecular formula is C15H17N3O3. The minimum absolute atomic E-state index is 0.254. The van der Waals surface area contributed by atoms with Crippen LogP contribution in [0.1, 0.15) is 25.1 Å². The number of H-pyrrole nitrogens is 1. The number of hydrogen-bond donors (Lipinski definition) is 2. The molecule has 0 radical (unpaired) electrons. The number of rotatable bonds is 6. The third kappa shape index (κ3) is 3.16. The molecule has 0 atom stereocenters. The number of aromatic amines is 1. The van der Waals surface area contributed by atoms with Gasteiger partial charge in [0, 0.05) is 18.4 Å². The first-order valence-electron chi connectivity index (χ1n) is 6.94. The van der Waals surface area contributed by atoms with E-state index in [-0.39, 0.29) is 12.7 Å². The Morgan fingerprint density at radius 1 is 1.29 bits per heavy atom. The van der Waals surface area contributed by atoms with Crippen LogP contribution in [0.5, 0.6) is 11.5 Å². The summed E-state index contributed by atoms with van der Waals surface area (Å²) in [6.45, 7) is 0.271. The molecule has 0 aliphatic carbocycles. The van der Waals surface area contributed by atoms with Gasteiger partial charge in [-0.2, -0.15) is 0 Å². The molecule has 1 aliphatic heterocycles. The average Bonchev–Trinajstić information content (AvgIpc) is 3.11. The Labute approximate surface area is 122 Å². The number of nitrogens with two attached hydrogens (primary N) is 1. The maximum absolute atomic E-state index is 10.7. The molecule has 3 N–H and O–H groups in total. The SMILES string of the molecule is NC(=O)CCCCc1ncc(-c2ccc3c(c2)OCO3)[nH]1. The second-order valence-electron chi connectivity index (χ2n) is 4.99. The lowest BCUT2D eigenvalue weighted by atomic mass is 10.1. The van der Waals surface area contributed by atoms with Crippen molar-refractivity contribution in [2.45, 2.75) is 25.7 Å². The third-order valence-corrected chi connectivity index (χ3v) is 3.40. The van der Waals surface area contributed by atoms with E-state index in [1.54, 1.807) is 6.20 Å². The van der Waals surface area contributed by atoms with E-state index in [2.05, 4.69) is 9.97 Å². The Hall–Kier alpha value is -2.50. The van der Waals surface area contributed by atoms with Gasteiger partial charge in [-0.05, 0) is 31.0 Å². The fraction of sp³-hybridized carbons (Fsp3) is 0.333. The summed E-state index contributed by atoms with van der Waals surface area (Å²) in [5.74, 6) is 2.18. The molecule has 0 spiro atoms. The van der Waals surface area contributed by atoms with Crippen LogP contribution in [0.25, 0.3) is 11.3 Å². The molecule has 3 rings (SSSR count). The molecule has 1 aliphatic rings. The van der Waals surface area contributed by atoms with Crippen molar-refractivity contribution in [3.05, 3.63) is 30.2 Å². The van der Waals surface area contributed by atoms with E-state index in [0.29, 0.717) is 6.42 Å². The normalized spacial score (nSPS) is 12.6. The fourth-order valence-electron chi connectivity index (χ4n) is 2.29. The summed E-state index contributed by atoms with van der Waals surface area (Å²) < 4.78 is 10.7. The third-order valence-electron chi connectivity index (χ3n) is 3.40. The molecule has 0 saturated carbocycles. The largest absolute Gasteiger partial charge is 0.454 e. The Balaban J connectivity index is 1.63. The molecule has 0 bridgehead atoms. The van der Waals surface area contributed by atoms with Gasteiger partial charge in [0.2, 0.25) is 12.7 Å². The Morgan fingerprint density at radius 2 is 2.14 bits per heavy atom. The number of unbranched alkanes of at least 4 members (excludes halogenated alkanes) is 1. The Morgan fingerprint density at radius 3 is 3.00 bits per heavy atom. The maximum atomic E-state index is 10.7. The van der Waals surface area contributed by atoms with Crippen LogP contribution in [-0.2, 0) is 11.2 Å². The van der Waals surface area contributed by atoms with E-state index in [0.717, 1.165) is 47.8 Å². The minimum Gasteiger partial charge on any atom is -0.454 e. The van der Waals surface area contributed by atoms with Crippen molar-refractivity contribution in [2.75, 3.05) is 6.79 Å². The highest BCUT2D eigenvalue weighted by molar-refractivity contribution is 5.73. The van der Waals surface area contributed by atoms with E-state index < -0.39 is 0 Å². The van der Waals surface area contributed by atoms with Gasteiger partial charge in [-0.3, -0.25) is 4.79 Å². The highest BCUT2D eigenvalue weighted by Gasteiger charge is 2.14. The molecule has 6 nitrogen and oxygen atoms in total. The van der Waals surface area contributed by atoms with Crippen LogP contribution in [0, 0.1) is 0 Å². The molecule has 21 heavy (non-hydrogen) atoms. The van der Waals surface area contributed by atoms with Crippen molar-refractivity contribution < 1.29 is 14.3 Å². The highest BCUT2D eigenvalue weighted by Crippen LogP contribution is 2.35. The summed E-state index contributed by atoms with van der Waals surface area (Å²) in [5, 5.41) is 0. The summed E-state index contributed by atoms with van der Waals surface area (Å²) >= 11 is 0. The van der Waals surface area contributed by atoms with Gasteiger partial charge in [-0.15, -0.1) is 0 Å². The van der Waals surface area contributed by atoms with E-state index in [4.69, 9.17) is 15.2 Å². The van der Waals surface area contributed by atoms with Crippen molar-refractivity contribution >= 4 is 5.91 Å². The zero-order valence-corrected chi connectivity index (χ0v) is 11.6.